The normalized spacial score (nSPS) is 18.5. The molecule has 2 fully saturated rings. The number of hydrogen-bond acceptors (Lipinski definition) is 11. The summed E-state index contributed by atoms with van der Waals surface area (Å²) in [7, 11) is 0. The molecule has 0 atom stereocenters. The minimum atomic E-state index is -4.83. The van der Waals surface area contributed by atoms with Gasteiger partial charge in [0.05, 0.1) is 28.5 Å². The molecular weight excluding hydrogens is 708 g/mol. The smallest absolute Gasteiger partial charge is 0.446 e. The molecule has 7 heterocycles. The van der Waals surface area contributed by atoms with Crippen LogP contribution in [0, 0.1) is 13.8 Å². The van der Waals surface area contributed by atoms with E-state index in [1.165, 1.54) is 17.7 Å². The number of anilines is 6. The Morgan fingerprint density at radius 2 is 1.15 bits per heavy atom. The van der Waals surface area contributed by atoms with Crippen LogP contribution in [0.1, 0.15) is 61.2 Å². The van der Waals surface area contributed by atoms with Gasteiger partial charge in [0, 0.05) is 60.8 Å². The molecular formula is C41H40F3N9O2. The Morgan fingerprint density at radius 1 is 0.600 bits per heavy atom. The van der Waals surface area contributed by atoms with Crippen LogP contribution in [0.5, 0.6) is 0 Å². The van der Waals surface area contributed by atoms with Crippen LogP contribution >= 0.6 is 0 Å². The fraction of sp³-hybridized carbons (Fsp3) is 0.317. The number of amidine groups is 1. The molecule has 2 aromatic carbocycles. The first-order valence-electron chi connectivity index (χ1n) is 18.8. The van der Waals surface area contributed by atoms with Crippen LogP contribution in [-0.4, -0.2) is 60.7 Å². The third-order valence-electron chi connectivity index (χ3n) is 10.3. The Hall–Kier alpha value is -6.05. The number of furan rings is 2. The van der Waals surface area contributed by atoms with Crippen molar-refractivity contribution in [1.82, 2.24) is 4.90 Å². The second kappa shape index (κ2) is 14.0. The Kier molecular flexibility index (Phi) is 8.82. The van der Waals surface area contributed by atoms with Gasteiger partial charge in [0.2, 0.25) is 17.8 Å². The molecule has 14 heteroatoms. The molecule has 282 valence electrons. The lowest BCUT2D eigenvalue weighted by Crippen LogP contribution is -2.44. The highest BCUT2D eigenvalue weighted by molar-refractivity contribution is 6.26. The maximum absolute atomic E-state index is 14.4. The zero-order valence-corrected chi connectivity index (χ0v) is 30.6. The summed E-state index contributed by atoms with van der Waals surface area (Å²) >= 11 is 0. The third-order valence-corrected chi connectivity index (χ3v) is 10.3. The van der Waals surface area contributed by atoms with Crippen LogP contribution in [0.15, 0.2) is 107 Å². The van der Waals surface area contributed by atoms with Crippen molar-refractivity contribution in [3.8, 4) is 0 Å². The summed E-state index contributed by atoms with van der Waals surface area (Å²) in [4.78, 5) is 23.4. The van der Waals surface area contributed by atoms with Gasteiger partial charge in [-0.25, -0.2) is 14.9 Å². The summed E-state index contributed by atoms with van der Waals surface area (Å²) in [5.41, 5.74) is 6.18. The van der Waals surface area contributed by atoms with Crippen molar-refractivity contribution in [3.63, 3.8) is 0 Å². The molecule has 0 spiro atoms. The minimum Gasteiger partial charge on any atom is -0.446 e. The molecule has 0 unspecified atom stereocenters. The number of nitrogens with zero attached hydrogens (tertiary/aromatic N) is 7. The lowest BCUT2D eigenvalue weighted by Gasteiger charge is -2.34. The predicted molar refractivity (Wildman–Crippen MR) is 211 cm³/mol. The molecule has 2 saturated heterocycles. The van der Waals surface area contributed by atoms with Crippen LogP contribution in [0.25, 0.3) is 5.70 Å². The zero-order chi connectivity index (χ0) is 37.7. The van der Waals surface area contributed by atoms with Gasteiger partial charge in [0.15, 0.2) is 11.8 Å². The van der Waals surface area contributed by atoms with Gasteiger partial charge in [-0.2, -0.15) is 23.2 Å². The number of benzene rings is 2. The summed E-state index contributed by atoms with van der Waals surface area (Å²) < 4.78 is 54.9. The van der Waals surface area contributed by atoms with E-state index in [4.69, 9.17) is 18.8 Å². The molecule has 4 aromatic rings. The summed E-state index contributed by atoms with van der Waals surface area (Å²) in [6.45, 7) is 7.51. The van der Waals surface area contributed by atoms with E-state index in [1.807, 2.05) is 86.7 Å². The van der Waals surface area contributed by atoms with E-state index in [1.54, 1.807) is 0 Å². The zero-order valence-electron chi connectivity index (χ0n) is 30.6. The molecule has 0 radical (unpaired) electrons. The molecule has 9 rings (SSSR count). The van der Waals surface area contributed by atoms with Gasteiger partial charge in [-0.15, -0.1) is 0 Å². The van der Waals surface area contributed by atoms with Crippen molar-refractivity contribution in [2.24, 2.45) is 20.0 Å². The number of hydrogen-bond donors (Lipinski definition) is 2. The standard InChI is InChI=1S/C41H40F3N9O2/c1-25-9-15-36(54-25)45-32-21-27(51-17-5-3-6-18-51)11-13-30(32)34-23-29-24-35(48-40-50-38(41(42,43)44)49-39(47-34)53(29)40)31-14-12-28(52-19-7-4-8-20-52)22-33(31)46-37-16-10-26(2)55-37/h9-16,21-24,45-46H,3-8,17-20H2,1-2H3. The second-order valence-electron chi connectivity index (χ2n) is 14.3. The number of halogens is 3. The summed E-state index contributed by atoms with van der Waals surface area (Å²) in [6, 6.07) is 19.5. The van der Waals surface area contributed by atoms with Gasteiger partial charge in [-0.3, -0.25) is 0 Å². The minimum absolute atomic E-state index is 0.173. The van der Waals surface area contributed by atoms with Crippen LogP contribution in [0.2, 0.25) is 0 Å². The molecule has 2 N–H and O–H groups in total. The van der Waals surface area contributed by atoms with Crippen molar-refractivity contribution in [3.05, 3.63) is 101 Å². The monoisotopic (exact) mass is 747 g/mol. The van der Waals surface area contributed by atoms with E-state index < -0.39 is 12.0 Å². The van der Waals surface area contributed by atoms with Crippen LogP contribution in [0.4, 0.5) is 47.7 Å². The van der Waals surface area contributed by atoms with Gasteiger partial charge >= 0.3 is 6.18 Å². The molecule has 5 aliphatic rings. The Balaban J connectivity index is 1.17. The van der Waals surface area contributed by atoms with E-state index in [0.29, 0.717) is 51.4 Å². The van der Waals surface area contributed by atoms with Crippen molar-refractivity contribution >= 4 is 63.7 Å². The average Bonchev–Trinajstić information content (AvgIpc) is 3.80. The number of piperidine rings is 2. The fourth-order valence-corrected chi connectivity index (χ4v) is 7.60. The maximum atomic E-state index is 14.4. The number of alkyl halides is 3. The van der Waals surface area contributed by atoms with Crippen molar-refractivity contribution in [2.75, 3.05) is 46.6 Å². The van der Waals surface area contributed by atoms with Crippen molar-refractivity contribution in [2.45, 2.75) is 58.5 Å². The maximum Gasteiger partial charge on any atom is 0.451 e. The number of guanidine groups is 2. The summed E-state index contributed by atoms with van der Waals surface area (Å²) in [5.74, 6) is 0.893. The highest BCUT2D eigenvalue weighted by atomic mass is 19.4. The molecule has 0 saturated carbocycles. The van der Waals surface area contributed by atoms with Crippen LogP contribution in [-0.2, 0) is 0 Å². The Morgan fingerprint density at radius 3 is 1.69 bits per heavy atom. The van der Waals surface area contributed by atoms with Gasteiger partial charge in [0.1, 0.15) is 11.5 Å². The van der Waals surface area contributed by atoms with Gasteiger partial charge < -0.3 is 29.3 Å². The van der Waals surface area contributed by atoms with E-state index >= 15 is 0 Å². The van der Waals surface area contributed by atoms with Crippen molar-refractivity contribution in [1.29, 1.82) is 0 Å². The predicted octanol–water partition coefficient (Wildman–Crippen LogP) is 9.69. The summed E-state index contributed by atoms with van der Waals surface area (Å²) in [5, 5.41) is 6.82. The van der Waals surface area contributed by atoms with E-state index in [9.17, 15) is 13.2 Å². The molecule has 0 aliphatic carbocycles. The quantitative estimate of drug-likeness (QED) is 0.185. The highest BCUT2D eigenvalue weighted by Gasteiger charge is 2.43. The molecule has 11 nitrogen and oxygen atoms in total. The number of allylic oxidation sites excluding steroid dienone is 2. The molecule has 55 heavy (non-hydrogen) atoms. The van der Waals surface area contributed by atoms with Gasteiger partial charge in [-0.05, 0) is 113 Å². The highest BCUT2D eigenvalue weighted by Crippen LogP contribution is 2.39. The topological polar surface area (TPSA) is 110 Å². The van der Waals surface area contributed by atoms with E-state index in [-0.39, 0.29) is 11.9 Å². The Bertz CT molecular complexity index is 2230. The molecule has 5 aliphatic heterocycles. The fourth-order valence-electron chi connectivity index (χ4n) is 7.60. The first-order chi connectivity index (χ1) is 26.6. The largest absolute Gasteiger partial charge is 0.451 e. The van der Waals surface area contributed by atoms with E-state index in [2.05, 4.69) is 30.4 Å². The molecule has 0 amide bonds. The second-order valence-corrected chi connectivity index (χ2v) is 14.3. The average molecular weight is 748 g/mol. The van der Waals surface area contributed by atoms with Crippen LogP contribution in [0.3, 0.4) is 0 Å². The lowest BCUT2D eigenvalue weighted by molar-refractivity contribution is -0.0597. The lowest BCUT2D eigenvalue weighted by atomic mass is 10.0. The molecule has 2 aromatic heterocycles. The first-order valence-corrected chi connectivity index (χ1v) is 18.8. The number of nitrogens with one attached hydrogen (secondary N) is 2. The molecule has 0 bridgehead atoms. The van der Waals surface area contributed by atoms with Crippen molar-refractivity contribution < 1.29 is 22.0 Å². The van der Waals surface area contributed by atoms with Gasteiger partial charge in [-0.1, -0.05) is 0 Å². The SMILES string of the molecule is Cc1ccc(Nc2cc(N3CCCCC3)ccc2C2=CC3=CC(c4ccc(N5CCCCC5)cc4Nc4ccc(C)o4)=NC4=NC(C(F)(F)F)=NC(=N2)N34)o1. The number of rotatable bonds is 8. The third kappa shape index (κ3) is 7.04. The first kappa shape index (κ1) is 34.7. The van der Waals surface area contributed by atoms with Crippen LogP contribution < -0.4 is 20.4 Å². The van der Waals surface area contributed by atoms with E-state index in [0.717, 1.165) is 74.8 Å². The van der Waals surface area contributed by atoms with Gasteiger partial charge in [0.25, 0.3) is 0 Å². The Labute approximate surface area is 316 Å². The number of aliphatic imine (C=N–C) groups is 4. The summed E-state index contributed by atoms with van der Waals surface area (Å²) in [6.07, 6.45) is 5.66. The number of aryl methyl sites for hydroxylation is 2.